The molecule has 0 aliphatic heterocycles. The molecule has 0 aliphatic rings. The van der Waals surface area contributed by atoms with Gasteiger partial charge >= 0.3 is 5.97 Å². The smallest absolute Gasteiger partial charge is 0.323 e. The molecule has 0 spiro atoms. The number of anilines is 2. The molecule has 0 fully saturated rings. The average Bonchev–Trinajstić information content (AvgIpc) is 2.12. The summed E-state index contributed by atoms with van der Waals surface area (Å²) in [5.74, 6) is -0.427. The first-order valence-corrected chi connectivity index (χ1v) is 5.81. The molecule has 0 aliphatic carbocycles. The van der Waals surface area contributed by atoms with Gasteiger partial charge in [-0.15, -0.1) is 0 Å². The predicted molar refractivity (Wildman–Crippen MR) is 72.8 cm³/mol. The third-order valence-corrected chi connectivity index (χ3v) is 2.20. The zero-order valence-corrected chi connectivity index (χ0v) is 11.1. The highest BCUT2D eigenvalue weighted by atomic mass is 16.6. The van der Waals surface area contributed by atoms with Gasteiger partial charge in [-0.3, -0.25) is 4.79 Å². The first kappa shape index (κ1) is 14.3. The van der Waals surface area contributed by atoms with E-state index in [1.807, 2.05) is 0 Å². The molecule has 1 atom stereocenters. The third kappa shape index (κ3) is 4.63. The van der Waals surface area contributed by atoms with E-state index in [1.165, 1.54) is 0 Å². The van der Waals surface area contributed by atoms with Crippen LogP contribution in [0.1, 0.15) is 26.3 Å². The number of benzene rings is 1. The van der Waals surface area contributed by atoms with Gasteiger partial charge in [-0.1, -0.05) is 0 Å². The zero-order chi connectivity index (χ0) is 13.9. The molecule has 0 saturated carbocycles. The number of esters is 1. The van der Waals surface area contributed by atoms with E-state index in [0.717, 1.165) is 5.56 Å². The standard InChI is InChI=1S/C13H21N3O2/c1-13(2,3)18-12(17)11(16)6-8-4-9(14)7-10(15)5-8/h4-5,7,11H,6,14-16H2,1-3H3. The molecule has 0 aromatic heterocycles. The highest BCUT2D eigenvalue weighted by Crippen LogP contribution is 2.16. The Bertz CT molecular complexity index is 418. The molecule has 0 bridgehead atoms. The van der Waals surface area contributed by atoms with Crippen molar-refractivity contribution in [3.63, 3.8) is 0 Å². The van der Waals surface area contributed by atoms with Crippen LogP contribution in [0.2, 0.25) is 0 Å². The maximum atomic E-state index is 11.7. The SMILES string of the molecule is CC(C)(C)OC(=O)C(N)Cc1cc(N)cc(N)c1. The van der Waals surface area contributed by atoms with E-state index in [9.17, 15) is 4.79 Å². The quantitative estimate of drug-likeness (QED) is 0.550. The number of nitrogens with two attached hydrogens (primary N) is 3. The minimum absolute atomic E-state index is 0.351. The van der Waals surface area contributed by atoms with E-state index in [0.29, 0.717) is 17.8 Å². The molecule has 5 heteroatoms. The molecule has 1 unspecified atom stereocenters. The van der Waals surface area contributed by atoms with Crippen molar-refractivity contribution < 1.29 is 9.53 Å². The number of nitrogen functional groups attached to an aromatic ring is 2. The third-order valence-electron chi connectivity index (χ3n) is 2.20. The largest absolute Gasteiger partial charge is 0.459 e. The van der Waals surface area contributed by atoms with E-state index in [2.05, 4.69) is 0 Å². The number of carbonyl (C=O) groups excluding carboxylic acids is 1. The van der Waals surface area contributed by atoms with Gasteiger partial charge in [0.2, 0.25) is 0 Å². The van der Waals surface area contributed by atoms with Crippen molar-refractivity contribution in [1.29, 1.82) is 0 Å². The Kier molecular flexibility index (Phi) is 4.19. The first-order valence-electron chi connectivity index (χ1n) is 5.81. The van der Waals surface area contributed by atoms with Gasteiger partial charge in [-0.2, -0.15) is 0 Å². The fraction of sp³-hybridized carbons (Fsp3) is 0.462. The topological polar surface area (TPSA) is 104 Å². The Morgan fingerprint density at radius 2 is 1.72 bits per heavy atom. The van der Waals surface area contributed by atoms with Gasteiger partial charge in [0.15, 0.2) is 0 Å². The second kappa shape index (κ2) is 5.27. The lowest BCUT2D eigenvalue weighted by Gasteiger charge is -2.22. The lowest BCUT2D eigenvalue weighted by Crippen LogP contribution is -2.38. The molecule has 1 aromatic rings. The Labute approximate surface area is 107 Å². The van der Waals surface area contributed by atoms with Crippen LogP contribution in [0, 0.1) is 0 Å². The summed E-state index contributed by atoms with van der Waals surface area (Å²) >= 11 is 0. The van der Waals surface area contributed by atoms with Gasteiger partial charge in [0.1, 0.15) is 11.6 Å². The van der Waals surface area contributed by atoms with E-state index in [-0.39, 0.29) is 0 Å². The van der Waals surface area contributed by atoms with Crippen LogP contribution in [0.5, 0.6) is 0 Å². The van der Waals surface area contributed by atoms with E-state index in [4.69, 9.17) is 21.9 Å². The van der Waals surface area contributed by atoms with E-state index >= 15 is 0 Å². The molecular weight excluding hydrogens is 230 g/mol. The number of hydrogen-bond acceptors (Lipinski definition) is 5. The van der Waals surface area contributed by atoms with Gasteiger partial charge in [0, 0.05) is 11.4 Å². The first-order chi connectivity index (χ1) is 8.17. The molecule has 1 aromatic carbocycles. The maximum absolute atomic E-state index is 11.7. The van der Waals surface area contributed by atoms with Gasteiger partial charge < -0.3 is 21.9 Å². The van der Waals surface area contributed by atoms with Gasteiger partial charge in [0.05, 0.1) is 0 Å². The number of hydrogen-bond donors (Lipinski definition) is 3. The van der Waals surface area contributed by atoms with Crippen LogP contribution < -0.4 is 17.2 Å². The Hall–Kier alpha value is -1.75. The summed E-state index contributed by atoms with van der Waals surface area (Å²) in [5, 5.41) is 0. The second-order valence-corrected chi connectivity index (χ2v) is 5.35. The highest BCUT2D eigenvalue weighted by Gasteiger charge is 2.22. The van der Waals surface area contributed by atoms with Crippen LogP contribution in [0.4, 0.5) is 11.4 Å². The van der Waals surface area contributed by atoms with Gasteiger partial charge in [0.25, 0.3) is 0 Å². The molecule has 0 amide bonds. The summed E-state index contributed by atoms with van der Waals surface area (Å²) < 4.78 is 5.21. The Morgan fingerprint density at radius 1 is 1.22 bits per heavy atom. The number of ether oxygens (including phenoxy) is 1. The van der Waals surface area contributed by atoms with Crippen molar-refractivity contribution in [2.24, 2.45) is 5.73 Å². The Morgan fingerprint density at radius 3 is 2.17 bits per heavy atom. The molecule has 0 radical (unpaired) electrons. The van der Waals surface area contributed by atoms with Crippen molar-refractivity contribution in [2.45, 2.75) is 38.8 Å². The molecule has 0 heterocycles. The molecule has 18 heavy (non-hydrogen) atoms. The normalized spacial score (nSPS) is 13.1. The van der Waals surface area contributed by atoms with Crippen molar-refractivity contribution in [1.82, 2.24) is 0 Å². The van der Waals surface area contributed by atoms with Crippen LogP contribution in [0.3, 0.4) is 0 Å². The molecule has 1 rings (SSSR count). The van der Waals surface area contributed by atoms with Crippen molar-refractivity contribution in [2.75, 3.05) is 11.5 Å². The summed E-state index contributed by atoms with van der Waals surface area (Å²) in [6, 6.07) is 4.44. The minimum Gasteiger partial charge on any atom is -0.459 e. The molecule has 0 saturated heterocycles. The number of rotatable bonds is 3. The summed E-state index contributed by atoms with van der Waals surface area (Å²) in [6.07, 6.45) is 0.351. The van der Waals surface area contributed by atoms with E-state index < -0.39 is 17.6 Å². The minimum atomic E-state index is -0.717. The maximum Gasteiger partial charge on any atom is 0.323 e. The van der Waals surface area contributed by atoms with Gasteiger partial charge in [-0.05, 0) is 51.0 Å². The average molecular weight is 251 g/mol. The lowest BCUT2D eigenvalue weighted by atomic mass is 10.0. The highest BCUT2D eigenvalue weighted by molar-refractivity contribution is 5.76. The van der Waals surface area contributed by atoms with Crippen LogP contribution in [0.25, 0.3) is 0 Å². The summed E-state index contributed by atoms with van der Waals surface area (Å²) in [5.41, 5.74) is 18.6. The molecular formula is C13H21N3O2. The predicted octanol–water partition coefficient (Wildman–Crippen LogP) is 1.06. The van der Waals surface area contributed by atoms with Crippen LogP contribution in [-0.4, -0.2) is 17.6 Å². The fourth-order valence-electron chi connectivity index (χ4n) is 1.58. The fourth-order valence-corrected chi connectivity index (χ4v) is 1.58. The van der Waals surface area contributed by atoms with Crippen LogP contribution in [0.15, 0.2) is 18.2 Å². The Balaban J connectivity index is 2.69. The summed E-state index contributed by atoms with van der Waals surface area (Å²) in [4.78, 5) is 11.7. The van der Waals surface area contributed by atoms with Crippen molar-refractivity contribution in [3.05, 3.63) is 23.8 Å². The molecule has 6 N–H and O–H groups in total. The van der Waals surface area contributed by atoms with Crippen LogP contribution in [-0.2, 0) is 16.0 Å². The number of carbonyl (C=O) groups is 1. The van der Waals surface area contributed by atoms with E-state index in [1.54, 1.807) is 39.0 Å². The molecule has 5 nitrogen and oxygen atoms in total. The monoisotopic (exact) mass is 251 g/mol. The van der Waals surface area contributed by atoms with Crippen LogP contribution >= 0.6 is 0 Å². The summed E-state index contributed by atoms with van der Waals surface area (Å²) in [6.45, 7) is 5.41. The van der Waals surface area contributed by atoms with Crippen molar-refractivity contribution >= 4 is 17.3 Å². The lowest BCUT2D eigenvalue weighted by molar-refractivity contribution is -0.156. The summed E-state index contributed by atoms with van der Waals surface area (Å²) in [7, 11) is 0. The molecule has 100 valence electrons. The second-order valence-electron chi connectivity index (χ2n) is 5.35. The van der Waals surface area contributed by atoms with Gasteiger partial charge in [-0.25, -0.2) is 0 Å². The zero-order valence-electron chi connectivity index (χ0n) is 11.1. The van der Waals surface area contributed by atoms with Crippen molar-refractivity contribution in [3.8, 4) is 0 Å².